The molecule has 2 atom stereocenters. The maximum absolute atomic E-state index is 11.8. The number of carbonyl (C=O) groups excluding carboxylic acids is 1. The van der Waals surface area contributed by atoms with E-state index < -0.39 is 5.91 Å². The number of benzene rings is 1. The van der Waals surface area contributed by atoms with Gasteiger partial charge in [-0.05, 0) is 37.0 Å². The number of aromatic hydroxyl groups is 2. The molecule has 0 unspecified atom stereocenters. The van der Waals surface area contributed by atoms with Crippen LogP contribution in [0.5, 0.6) is 11.5 Å². The third-order valence-electron chi connectivity index (χ3n) is 3.69. The fourth-order valence-electron chi connectivity index (χ4n) is 2.55. The lowest BCUT2D eigenvalue weighted by atomic mass is 9.74. The molecule has 2 aliphatic carbocycles. The Kier molecular flexibility index (Phi) is 2.74. The van der Waals surface area contributed by atoms with E-state index in [4.69, 9.17) is 0 Å². The van der Waals surface area contributed by atoms with Crippen LogP contribution in [-0.2, 0) is 0 Å². The summed E-state index contributed by atoms with van der Waals surface area (Å²) >= 11 is 0. The molecule has 1 saturated carbocycles. The Morgan fingerprint density at radius 3 is 3.00 bits per heavy atom. The summed E-state index contributed by atoms with van der Waals surface area (Å²) in [7, 11) is 0. The molecule has 5 heteroatoms. The summed E-state index contributed by atoms with van der Waals surface area (Å²) in [6.07, 6.45) is 6.19. The molecule has 0 heterocycles. The molecule has 1 aromatic carbocycles. The van der Waals surface area contributed by atoms with Gasteiger partial charge in [-0.1, -0.05) is 12.2 Å². The van der Waals surface area contributed by atoms with Gasteiger partial charge in [0, 0.05) is 11.6 Å². The summed E-state index contributed by atoms with van der Waals surface area (Å²) in [5.41, 5.74) is 3.44. The number of hydrazone groups is 1. The molecule has 0 aliphatic heterocycles. The van der Waals surface area contributed by atoms with Crippen LogP contribution in [0.1, 0.15) is 23.2 Å². The summed E-state index contributed by atoms with van der Waals surface area (Å²) in [4.78, 5) is 11.8. The van der Waals surface area contributed by atoms with E-state index in [1.165, 1.54) is 18.2 Å². The lowest BCUT2D eigenvalue weighted by Crippen LogP contribution is -2.35. The van der Waals surface area contributed by atoms with E-state index in [0.29, 0.717) is 11.8 Å². The molecule has 2 aliphatic rings. The fourth-order valence-corrected chi connectivity index (χ4v) is 2.55. The Labute approximate surface area is 110 Å². The second kappa shape index (κ2) is 4.42. The Balaban J connectivity index is 1.69. The molecule has 1 amide bonds. The van der Waals surface area contributed by atoms with Gasteiger partial charge in [-0.15, -0.1) is 0 Å². The second-order valence-electron chi connectivity index (χ2n) is 4.88. The van der Waals surface area contributed by atoms with E-state index >= 15 is 0 Å². The van der Waals surface area contributed by atoms with Crippen LogP contribution >= 0.6 is 0 Å². The van der Waals surface area contributed by atoms with Crippen LogP contribution < -0.4 is 5.43 Å². The first-order valence-corrected chi connectivity index (χ1v) is 6.20. The third kappa shape index (κ3) is 2.07. The first-order valence-electron chi connectivity index (χ1n) is 6.20. The van der Waals surface area contributed by atoms with Crippen LogP contribution in [0, 0.1) is 11.8 Å². The molecule has 1 aromatic rings. The molecule has 0 spiro atoms. The van der Waals surface area contributed by atoms with Crippen molar-refractivity contribution in [2.75, 3.05) is 0 Å². The monoisotopic (exact) mass is 258 g/mol. The van der Waals surface area contributed by atoms with Gasteiger partial charge in [0.2, 0.25) is 0 Å². The number of phenolic OH excluding ortho intramolecular Hbond substituents is 2. The van der Waals surface area contributed by atoms with Gasteiger partial charge >= 0.3 is 0 Å². The van der Waals surface area contributed by atoms with Crippen molar-refractivity contribution < 1.29 is 15.0 Å². The maximum Gasteiger partial charge on any atom is 0.275 e. The van der Waals surface area contributed by atoms with Crippen molar-refractivity contribution in [3.63, 3.8) is 0 Å². The van der Waals surface area contributed by atoms with Gasteiger partial charge in [0.1, 0.15) is 11.5 Å². The van der Waals surface area contributed by atoms with E-state index in [9.17, 15) is 15.0 Å². The lowest BCUT2D eigenvalue weighted by molar-refractivity contribution is 0.0951. The molecule has 98 valence electrons. The smallest absolute Gasteiger partial charge is 0.275 e. The van der Waals surface area contributed by atoms with E-state index in [2.05, 4.69) is 22.7 Å². The van der Waals surface area contributed by atoms with Crippen LogP contribution in [0.4, 0.5) is 0 Å². The van der Waals surface area contributed by atoms with Crippen LogP contribution in [-0.4, -0.2) is 21.8 Å². The van der Waals surface area contributed by atoms with Gasteiger partial charge in [-0.3, -0.25) is 4.79 Å². The highest BCUT2D eigenvalue weighted by Crippen LogP contribution is 2.40. The minimum atomic E-state index is -0.518. The summed E-state index contributed by atoms with van der Waals surface area (Å²) in [5, 5.41) is 23.0. The number of amides is 1. The second-order valence-corrected chi connectivity index (χ2v) is 4.88. The van der Waals surface area contributed by atoms with Crippen molar-refractivity contribution in [1.29, 1.82) is 0 Å². The molecule has 0 bridgehead atoms. The van der Waals surface area contributed by atoms with Crippen molar-refractivity contribution in [2.24, 2.45) is 16.9 Å². The van der Waals surface area contributed by atoms with Crippen molar-refractivity contribution in [3.05, 3.63) is 35.9 Å². The average Bonchev–Trinajstić information content (AvgIpc) is 2.74. The summed E-state index contributed by atoms with van der Waals surface area (Å²) in [5.74, 6) is 0.238. The lowest BCUT2D eigenvalue weighted by Gasteiger charge is -2.31. The van der Waals surface area contributed by atoms with E-state index in [1.54, 1.807) is 0 Å². The van der Waals surface area contributed by atoms with Gasteiger partial charge in [0.25, 0.3) is 5.91 Å². The molecule has 3 rings (SSSR count). The Morgan fingerprint density at radius 2 is 2.21 bits per heavy atom. The number of hydrogen-bond acceptors (Lipinski definition) is 4. The van der Waals surface area contributed by atoms with E-state index in [1.807, 2.05) is 0 Å². The molecule has 3 N–H and O–H groups in total. The molecule has 19 heavy (non-hydrogen) atoms. The zero-order chi connectivity index (χ0) is 13.4. The predicted molar refractivity (Wildman–Crippen MR) is 70.0 cm³/mol. The standard InChI is InChI=1S/C14H14N2O3/c17-9-4-5-13(18)11(7-9)14(19)16-15-12-6-8-2-1-3-10(8)12/h1-2,4-5,7-8,10,17-18H,3,6H2,(H,16,19)/b15-12-/t8-,10-/m1/s1. The molecule has 0 radical (unpaired) electrons. The van der Waals surface area contributed by atoms with Gasteiger partial charge in [0.15, 0.2) is 0 Å². The highest BCUT2D eigenvalue weighted by Gasteiger charge is 2.38. The van der Waals surface area contributed by atoms with Gasteiger partial charge in [-0.2, -0.15) is 5.10 Å². The van der Waals surface area contributed by atoms with Gasteiger partial charge in [0.05, 0.1) is 5.56 Å². The Bertz CT molecular complexity index is 592. The van der Waals surface area contributed by atoms with Crippen LogP contribution in [0.3, 0.4) is 0 Å². The number of carbonyl (C=O) groups is 1. The van der Waals surface area contributed by atoms with Crippen molar-refractivity contribution in [2.45, 2.75) is 12.8 Å². The van der Waals surface area contributed by atoms with Crippen LogP contribution in [0.2, 0.25) is 0 Å². The summed E-state index contributed by atoms with van der Waals surface area (Å²) < 4.78 is 0. The van der Waals surface area contributed by atoms with Crippen molar-refractivity contribution >= 4 is 11.6 Å². The highest BCUT2D eigenvalue weighted by molar-refractivity contribution is 5.99. The molecule has 1 fully saturated rings. The Morgan fingerprint density at radius 1 is 1.37 bits per heavy atom. The maximum atomic E-state index is 11.8. The number of phenols is 2. The molecule has 0 saturated heterocycles. The third-order valence-corrected chi connectivity index (χ3v) is 3.69. The largest absolute Gasteiger partial charge is 0.508 e. The van der Waals surface area contributed by atoms with Crippen LogP contribution in [0.15, 0.2) is 35.5 Å². The fraction of sp³-hybridized carbons (Fsp3) is 0.286. The molecule has 5 nitrogen and oxygen atoms in total. The van der Waals surface area contributed by atoms with E-state index in [0.717, 1.165) is 18.6 Å². The number of nitrogens with one attached hydrogen (secondary N) is 1. The number of rotatable bonds is 2. The quantitative estimate of drug-likeness (QED) is 0.429. The van der Waals surface area contributed by atoms with Gasteiger partial charge < -0.3 is 10.2 Å². The van der Waals surface area contributed by atoms with E-state index in [-0.39, 0.29) is 17.1 Å². The summed E-state index contributed by atoms with van der Waals surface area (Å²) in [6.45, 7) is 0. The number of hydrogen-bond donors (Lipinski definition) is 3. The Hall–Kier alpha value is -2.30. The van der Waals surface area contributed by atoms with Gasteiger partial charge in [-0.25, -0.2) is 5.43 Å². The average molecular weight is 258 g/mol. The number of fused-ring (bicyclic) bond motifs is 1. The number of allylic oxidation sites excluding steroid dienone is 2. The highest BCUT2D eigenvalue weighted by atomic mass is 16.3. The minimum Gasteiger partial charge on any atom is -0.508 e. The predicted octanol–water partition coefficient (Wildman–Crippen LogP) is 1.78. The molecule has 0 aromatic heterocycles. The van der Waals surface area contributed by atoms with Crippen molar-refractivity contribution in [1.82, 2.24) is 5.43 Å². The first kappa shape index (κ1) is 11.8. The SMILES string of the molecule is O=C(N/N=C1/C[C@H]2C=CC[C@@H]12)c1cc(O)ccc1O. The normalized spacial score (nSPS) is 26.0. The first-order chi connectivity index (χ1) is 9.15. The minimum absolute atomic E-state index is 0.0183. The number of nitrogens with zero attached hydrogens (tertiary/aromatic N) is 1. The van der Waals surface area contributed by atoms with Crippen molar-refractivity contribution in [3.8, 4) is 11.5 Å². The molecular formula is C14H14N2O3. The zero-order valence-corrected chi connectivity index (χ0v) is 10.2. The topological polar surface area (TPSA) is 81.9 Å². The van der Waals surface area contributed by atoms with Crippen LogP contribution in [0.25, 0.3) is 0 Å². The summed E-state index contributed by atoms with van der Waals surface area (Å²) in [6, 6.07) is 3.81. The zero-order valence-electron chi connectivity index (χ0n) is 10.2. The molecular weight excluding hydrogens is 244 g/mol.